The number of nitrogens with zero attached hydrogens (tertiary/aromatic N) is 5. The van der Waals surface area contributed by atoms with E-state index in [9.17, 15) is 14.4 Å². The number of amides is 2. The lowest BCUT2D eigenvalue weighted by molar-refractivity contribution is -0.146. The number of aryl methyl sites for hydroxylation is 1. The minimum Gasteiger partial charge on any atom is -0.469 e. The molecule has 2 aliphatic rings. The number of likely N-dealkylation sites (tertiary alicyclic amines) is 1. The normalized spacial score (nSPS) is 22.0. The average molecular weight is 465 g/mol. The predicted octanol–water partition coefficient (Wildman–Crippen LogP) is 2.17. The molecule has 0 unspecified atom stereocenters. The van der Waals surface area contributed by atoms with Crippen LogP contribution in [0, 0.1) is 11.8 Å². The Hall–Kier alpha value is -2.72. The monoisotopic (exact) mass is 464 g/mol. The Bertz CT molecular complexity index is 819. The van der Waals surface area contributed by atoms with Crippen LogP contribution in [0.2, 0.25) is 0 Å². The molecule has 1 saturated heterocycles. The SMILES string of the molecule is COC(=O)C1CCC(NC(=O)c2nnn(CCC3CCN(C(=O)OC(C)(C)C)CC3)n2)CC1. The highest BCUT2D eigenvalue weighted by Gasteiger charge is 2.29. The Morgan fingerprint density at radius 2 is 1.73 bits per heavy atom. The molecular weight excluding hydrogens is 428 g/mol. The number of methoxy groups -OCH3 is 1. The first-order valence-corrected chi connectivity index (χ1v) is 11.8. The fourth-order valence-corrected chi connectivity index (χ4v) is 4.35. The third-order valence-corrected chi connectivity index (χ3v) is 6.26. The molecule has 2 amide bonds. The van der Waals surface area contributed by atoms with Gasteiger partial charge in [-0.05, 0) is 76.8 Å². The maximum Gasteiger partial charge on any atom is 0.410 e. The number of hydrogen-bond acceptors (Lipinski definition) is 8. The van der Waals surface area contributed by atoms with Gasteiger partial charge < -0.3 is 19.7 Å². The summed E-state index contributed by atoms with van der Waals surface area (Å²) in [6.07, 6.45) is 5.24. The Morgan fingerprint density at radius 3 is 2.33 bits per heavy atom. The number of carbonyl (C=O) groups excluding carboxylic acids is 3. The summed E-state index contributed by atoms with van der Waals surface area (Å²) in [5.74, 6) is -0.0895. The van der Waals surface area contributed by atoms with Crippen LogP contribution in [0.3, 0.4) is 0 Å². The van der Waals surface area contributed by atoms with Crippen molar-refractivity contribution < 1.29 is 23.9 Å². The van der Waals surface area contributed by atoms with Gasteiger partial charge in [-0.1, -0.05) is 0 Å². The largest absolute Gasteiger partial charge is 0.469 e. The fourth-order valence-electron chi connectivity index (χ4n) is 4.35. The van der Waals surface area contributed by atoms with Crippen LogP contribution >= 0.6 is 0 Å². The first kappa shape index (κ1) is 24.9. The van der Waals surface area contributed by atoms with Crippen molar-refractivity contribution in [2.45, 2.75) is 83.9 Å². The zero-order chi connectivity index (χ0) is 24.0. The molecule has 1 aromatic rings. The minimum absolute atomic E-state index is 0.000476. The first-order chi connectivity index (χ1) is 15.6. The van der Waals surface area contributed by atoms with Crippen LogP contribution in [0.4, 0.5) is 4.79 Å². The number of nitrogens with one attached hydrogen (secondary N) is 1. The van der Waals surface area contributed by atoms with E-state index in [0.29, 0.717) is 38.4 Å². The van der Waals surface area contributed by atoms with Crippen molar-refractivity contribution in [2.75, 3.05) is 20.2 Å². The van der Waals surface area contributed by atoms with Crippen LogP contribution in [0.25, 0.3) is 0 Å². The van der Waals surface area contributed by atoms with Crippen molar-refractivity contribution in [3.8, 4) is 0 Å². The van der Waals surface area contributed by atoms with Crippen molar-refractivity contribution in [2.24, 2.45) is 11.8 Å². The van der Waals surface area contributed by atoms with E-state index < -0.39 is 5.60 Å². The summed E-state index contributed by atoms with van der Waals surface area (Å²) in [6.45, 7) is 7.53. The summed E-state index contributed by atoms with van der Waals surface area (Å²) in [6, 6.07) is 0.000476. The van der Waals surface area contributed by atoms with E-state index in [2.05, 4.69) is 20.7 Å². The molecule has 3 rings (SSSR count). The molecule has 184 valence electrons. The van der Waals surface area contributed by atoms with Gasteiger partial charge in [-0.3, -0.25) is 9.59 Å². The molecule has 0 radical (unpaired) electrons. The van der Waals surface area contributed by atoms with Crippen LogP contribution in [0.1, 0.15) is 76.3 Å². The van der Waals surface area contributed by atoms with Crippen LogP contribution in [-0.4, -0.2) is 74.9 Å². The van der Waals surface area contributed by atoms with Gasteiger partial charge in [0.05, 0.1) is 19.6 Å². The van der Waals surface area contributed by atoms with E-state index in [4.69, 9.17) is 9.47 Å². The maximum atomic E-state index is 12.5. The number of rotatable bonds is 6. The third-order valence-electron chi connectivity index (χ3n) is 6.26. The molecule has 33 heavy (non-hydrogen) atoms. The lowest BCUT2D eigenvalue weighted by Crippen LogP contribution is -2.41. The maximum absolute atomic E-state index is 12.5. The van der Waals surface area contributed by atoms with Gasteiger partial charge in [0.2, 0.25) is 0 Å². The highest BCUT2D eigenvalue weighted by molar-refractivity contribution is 5.90. The van der Waals surface area contributed by atoms with Crippen molar-refractivity contribution in [1.29, 1.82) is 0 Å². The molecule has 1 saturated carbocycles. The summed E-state index contributed by atoms with van der Waals surface area (Å²) in [5, 5.41) is 15.1. The van der Waals surface area contributed by atoms with E-state index in [1.54, 1.807) is 4.90 Å². The smallest absolute Gasteiger partial charge is 0.410 e. The zero-order valence-electron chi connectivity index (χ0n) is 20.1. The van der Waals surface area contributed by atoms with Gasteiger partial charge in [-0.25, -0.2) is 4.79 Å². The number of piperidine rings is 1. The third kappa shape index (κ3) is 7.40. The van der Waals surface area contributed by atoms with Gasteiger partial charge in [0.25, 0.3) is 11.7 Å². The lowest BCUT2D eigenvalue weighted by atomic mass is 9.86. The van der Waals surface area contributed by atoms with E-state index >= 15 is 0 Å². The van der Waals surface area contributed by atoms with Gasteiger partial charge in [0.15, 0.2) is 0 Å². The minimum atomic E-state index is -0.487. The number of esters is 1. The summed E-state index contributed by atoms with van der Waals surface area (Å²) in [5.41, 5.74) is -0.487. The second kappa shape index (κ2) is 10.9. The highest BCUT2D eigenvalue weighted by atomic mass is 16.6. The second-order valence-electron chi connectivity index (χ2n) is 9.95. The Labute approximate surface area is 194 Å². The quantitative estimate of drug-likeness (QED) is 0.634. The predicted molar refractivity (Wildman–Crippen MR) is 118 cm³/mol. The van der Waals surface area contributed by atoms with Crippen LogP contribution in [0.5, 0.6) is 0 Å². The molecule has 2 fully saturated rings. The molecule has 0 aromatic carbocycles. The standard InChI is InChI=1S/C22H36N6O5/c1-22(2,3)33-21(31)27-12-9-15(10-13-27)11-14-28-25-18(24-26-28)19(29)23-17-7-5-16(6-8-17)20(30)32-4/h15-17H,5-14H2,1-4H3,(H,23,29). The molecule has 11 heteroatoms. The van der Waals surface area contributed by atoms with E-state index in [0.717, 1.165) is 32.1 Å². The van der Waals surface area contributed by atoms with Gasteiger partial charge >= 0.3 is 12.1 Å². The number of ether oxygens (including phenoxy) is 2. The second-order valence-corrected chi connectivity index (χ2v) is 9.95. The van der Waals surface area contributed by atoms with E-state index in [1.807, 2.05) is 20.8 Å². The van der Waals surface area contributed by atoms with Gasteiger partial charge in [-0.15, -0.1) is 10.2 Å². The van der Waals surface area contributed by atoms with E-state index in [-0.39, 0.29) is 35.8 Å². The number of carbonyl (C=O) groups is 3. The molecule has 0 bridgehead atoms. The summed E-state index contributed by atoms with van der Waals surface area (Å²) in [4.78, 5) is 39.5. The topological polar surface area (TPSA) is 129 Å². The zero-order valence-corrected chi connectivity index (χ0v) is 20.1. The molecule has 0 atom stereocenters. The van der Waals surface area contributed by atoms with Gasteiger partial charge in [0, 0.05) is 19.1 Å². The van der Waals surface area contributed by atoms with Crippen LogP contribution in [-0.2, 0) is 20.8 Å². The van der Waals surface area contributed by atoms with Crippen LogP contribution in [0.15, 0.2) is 0 Å². The Balaban J connectivity index is 1.38. The lowest BCUT2D eigenvalue weighted by Gasteiger charge is -2.33. The summed E-state index contributed by atoms with van der Waals surface area (Å²) < 4.78 is 10.2. The molecule has 1 aliphatic carbocycles. The number of aromatic nitrogens is 4. The molecular formula is C22H36N6O5. The van der Waals surface area contributed by atoms with Crippen molar-refractivity contribution in [3.05, 3.63) is 5.82 Å². The molecule has 1 aliphatic heterocycles. The van der Waals surface area contributed by atoms with Gasteiger partial charge in [0.1, 0.15) is 5.60 Å². The highest BCUT2D eigenvalue weighted by Crippen LogP contribution is 2.25. The molecule has 1 N–H and O–H groups in total. The number of hydrogen-bond donors (Lipinski definition) is 1. The molecule has 0 spiro atoms. The Kier molecular flexibility index (Phi) is 8.25. The molecule has 1 aromatic heterocycles. The van der Waals surface area contributed by atoms with E-state index in [1.165, 1.54) is 11.9 Å². The van der Waals surface area contributed by atoms with Crippen LogP contribution < -0.4 is 5.32 Å². The van der Waals surface area contributed by atoms with Gasteiger partial charge in [-0.2, -0.15) is 4.80 Å². The fraction of sp³-hybridized carbons (Fsp3) is 0.818. The van der Waals surface area contributed by atoms with Crippen molar-refractivity contribution in [1.82, 2.24) is 30.4 Å². The summed E-state index contributed by atoms with van der Waals surface area (Å²) >= 11 is 0. The summed E-state index contributed by atoms with van der Waals surface area (Å²) in [7, 11) is 1.40. The Morgan fingerprint density at radius 1 is 1.06 bits per heavy atom. The van der Waals surface area contributed by atoms with Crippen molar-refractivity contribution in [3.63, 3.8) is 0 Å². The number of tetrazole rings is 1. The molecule has 11 nitrogen and oxygen atoms in total. The average Bonchev–Trinajstić information content (AvgIpc) is 3.26. The van der Waals surface area contributed by atoms with Crippen molar-refractivity contribution >= 4 is 18.0 Å². The first-order valence-electron chi connectivity index (χ1n) is 11.8. The molecule has 2 heterocycles.